The third-order valence-electron chi connectivity index (χ3n) is 5.06. The van der Waals surface area contributed by atoms with Crippen LogP contribution in [0.5, 0.6) is 11.5 Å². The van der Waals surface area contributed by atoms with Crippen molar-refractivity contribution in [2.75, 3.05) is 26.8 Å². The van der Waals surface area contributed by atoms with Crippen LogP contribution in [0.4, 0.5) is 0 Å². The van der Waals surface area contributed by atoms with Gasteiger partial charge in [0.25, 0.3) is 0 Å². The van der Waals surface area contributed by atoms with Crippen molar-refractivity contribution in [3.05, 3.63) is 23.8 Å². The van der Waals surface area contributed by atoms with Gasteiger partial charge in [0.05, 0.1) is 13.0 Å². The number of hydrogen-bond donors (Lipinski definition) is 1. The molecule has 3 rings (SSSR count). The molecule has 1 saturated heterocycles. The highest BCUT2D eigenvalue weighted by atomic mass is 35.5. The molecule has 1 fully saturated rings. The standard InChI is InChI=1S/C18H26N2O3.ClH/c1-12-5-6-20(15(7-12)10-19)18(21)14-8-13-9-16(22-2)3-4-17(13)23-11-14;/h3-4,9,12,14-15H,5-8,10-11,19H2,1-2H3;1H. The van der Waals surface area contributed by atoms with Gasteiger partial charge < -0.3 is 20.1 Å². The van der Waals surface area contributed by atoms with Crippen molar-refractivity contribution in [2.45, 2.75) is 32.2 Å². The second kappa shape index (κ2) is 8.08. The zero-order valence-electron chi connectivity index (χ0n) is 14.4. The molecule has 3 unspecified atom stereocenters. The third-order valence-corrected chi connectivity index (χ3v) is 5.06. The average molecular weight is 355 g/mol. The molecule has 1 aromatic rings. The van der Waals surface area contributed by atoms with E-state index in [1.165, 1.54) is 0 Å². The SMILES string of the molecule is COc1ccc2c(c1)CC(C(=O)N1CCC(C)CC1CN)CO2.Cl. The van der Waals surface area contributed by atoms with Crippen molar-refractivity contribution in [3.8, 4) is 11.5 Å². The Morgan fingerprint density at radius 2 is 2.25 bits per heavy atom. The van der Waals surface area contributed by atoms with E-state index in [-0.39, 0.29) is 30.3 Å². The van der Waals surface area contributed by atoms with E-state index in [9.17, 15) is 4.79 Å². The molecule has 24 heavy (non-hydrogen) atoms. The minimum Gasteiger partial charge on any atom is -0.497 e. The molecule has 2 aliphatic rings. The van der Waals surface area contributed by atoms with Crippen LogP contribution in [-0.4, -0.2) is 43.7 Å². The topological polar surface area (TPSA) is 64.8 Å². The number of carbonyl (C=O) groups excluding carboxylic acids is 1. The molecule has 6 heteroatoms. The predicted octanol–water partition coefficient (Wildman–Crippen LogP) is 2.25. The van der Waals surface area contributed by atoms with Crippen LogP contribution in [0.1, 0.15) is 25.3 Å². The van der Waals surface area contributed by atoms with E-state index in [0.29, 0.717) is 25.5 Å². The lowest BCUT2D eigenvalue weighted by atomic mass is 9.89. The first-order valence-corrected chi connectivity index (χ1v) is 8.42. The van der Waals surface area contributed by atoms with Gasteiger partial charge in [-0.3, -0.25) is 4.79 Å². The van der Waals surface area contributed by atoms with Crippen LogP contribution in [0, 0.1) is 11.8 Å². The van der Waals surface area contributed by atoms with E-state index in [1.54, 1.807) is 7.11 Å². The Hall–Kier alpha value is -1.46. The normalized spacial score (nSPS) is 26.0. The Kier molecular flexibility index (Phi) is 6.35. The lowest BCUT2D eigenvalue weighted by molar-refractivity contribution is -0.141. The highest BCUT2D eigenvalue weighted by Crippen LogP contribution is 2.32. The van der Waals surface area contributed by atoms with Crippen molar-refractivity contribution in [2.24, 2.45) is 17.6 Å². The van der Waals surface area contributed by atoms with Crippen molar-refractivity contribution in [3.63, 3.8) is 0 Å². The zero-order chi connectivity index (χ0) is 16.4. The minimum absolute atomic E-state index is 0. The van der Waals surface area contributed by atoms with E-state index in [2.05, 4.69) is 6.92 Å². The number of piperidine rings is 1. The number of halogens is 1. The summed E-state index contributed by atoms with van der Waals surface area (Å²) in [4.78, 5) is 14.9. The molecule has 0 radical (unpaired) electrons. The fourth-order valence-corrected chi connectivity index (χ4v) is 3.66. The van der Waals surface area contributed by atoms with E-state index in [0.717, 1.165) is 36.4 Å². The summed E-state index contributed by atoms with van der Waals surface area (Å²) in [5.74, 6) is 2.35. The van der Waals surface area contributed by atoms with E-state index < -0.39 is 0 Å². The van der Waals surface area contributed by atoms with Crippen LogP contribution in [0.3, 0.4) is 0 Å². The number of methoxy groups -OCH3 is 1. The Morgan fingerprint density at radius 3 is 2.96 bits per heavy atom. The van der Waals surface area contributed by atoms with Crippen molar-refractivity contribution in [1.82, 2.24) is 4.90 Å². The fourth-order valence-electron chi connectivity index (χ4n) is 3.66. The van der Waals surface area contributed by atoms with Crippen LogP contribution >= 0.6 is 12.4 Å². The second-order valence-electron chi connectivity index (χ2n) is 6.74. The first-order valence-electron chi connectivity index (χ1n) is 8.42. The maximum absolute atomic E-state index is 13.0. The number of amides is 1. The van der Waals surface area contributed by atoms with Crippen molar-refractivity contribution < 1.29 is 14.3 Å². The van der Waals surface area contributed by atoms with Gasteiger partial charge in [0, 0.05) is 19.1 Å². The molecule has 3 atom stereocenters. The summed E-state index contributed by atoms with van der Waals surface area (Å²) in [7, 11) is 1.65. The Balaban J connectivity index is 0.00000208. The highest BCUT2D eigenvalue weighted by molar-refractivity contribution is 5.85. The summed E-state index contributed by atoms with van der Waals surface area (Å²) >= 11 is 0. The summed E-state index contributed by atoms with van der Waals surface area (Å²) in [5.41, 5.74) is 6.94. The lowest BCUT2D eigenvalue weighted by Gasteiger charge is -2.40. The summed E-state index contributed by atoms with van der Waals surface area (Å²) in [6, 6.07) is 5.93. The second-order valence-corrected chi connectivity index (χ2v) is 6.74. The van der Waals surface area contributed by atoms with E-state index in [4.69, 9.17) is 15.2 Å². The molecular formula is C18H27ClN2O3. The van der Waals surface area contributed by atoms with Gasteiger partial charge in [-0.15, -0.1) is 12.4 Å². The van der Waals surface area contributed by atoms with Gasteiger partial charge in [-0.25, -0.2) is 0 Å². The molecular weight excluding hydrogens is 328 g/mol. The maximum atomic E-state index is 13.0. The number of nitrogens with zero attached hydrogens (tertiary/aromatic N) is 1. The summed E-state index contributed by atoms with van der Waals surface area (Å²) in [6.45, 7) is 4.02. The van der Waals surface area contributed by atoms with Crippen LogP contribution in [0.15, 0.2) is 18.2 Å². The molecule has 0 aliphatic carbocycles. The van der Waals surface area contributed by atoms with E-state index >= 15 is 0 Å². The molecule has 0 bridgehead atoms. The number of benzene rings is 1. The lowest BCUT2D eigenvalue weighted by Crippen LogP contribution is -2.52. The van der Waals surface area contributed by atoms with Gasteiger partial charge in [0.1, 0.15) is 18.1 Å². The number of fused-ring (bicyclic) bond motifs is 1. The summed E-state index contributed by atoms with van der Waals surface area (Å²) < 4.78 is 11.1. The molecule has 2 aliphatic heterocycles. The quantitative estimate of drug-likeness (QED) is 0.904. The van der Waals surface area contributed by atoms with Gasteiger partial charge in [0.15, 0.2) is 0 Å². The van der Waals surface area contributed by atoms with Gasteiger partial charge >= 0.3 is 0 Å². The first kappa shape index (κ1) is 18.9. The molecule has 0 spiro atoms. The molecule has 134 valence electrons. The number of carbonyl (C=O) groups is 1. The monoisotopic (exact) mass is 354 g/mol. The number of ether oxygens (including phenoxy) is 2. The van der Waals surface area contributed by atoms with Gasteiger partial charge in [-0.2, -0.15) is 0 Å². The number of likely N-dealkylation sites (tertiary alicyclic amines) is 1. The highest BCUT2D eigenvalue weighted by Gasteiger charge is 2.35. The molecule has 5 nitrogen and oxygen atoms in total. The summed E-state index contributed by atoms with van der Waals surface area (Å²) in [6.07, 6.45) is 2.76. The van der Waals surface area contributed by atoms with Crippen molar-refractivity contribution in [1.29, 1.82) is 0 Å². The summed E-state index contributed by atoms with van der Waals surface area (Å²) in [5, 5.41) is 0. The minimum atomic E-state index is -0.128. The molecule has 1 aromatic carbocycles. The van der Waals surface area contributed by atoms with Crippen LogP contribution in [0.25, 0.3) is 0 Å². The Morgan fingerprint density at radius 1 is 1.46 bits per heavy atom. The van der Waals surface area contributed by atoms with E-state index in [1.807, 2.05) is 23.1 Å². The fraction of sp³-hybridized carbons (Fsp3) is 0.611. The van der Waals surface area contributed by atoms with Crippen molar-refractivity contribution >= 4 is 18.3 Å². The molecule has 1 amide bonds. The van der Waals surface area contributed by atoms with Crippen LogP contribution in [-0.2, 0) is 11.2 Å². The van der Waals surface area contributed by atoms with Crippen LogP contribution < -0.4 is 15.2 Å². The maximum Gasteiger partial charge on any atom is 0.229 e. The van der Waals surface area contributed by atoms with Gasteiger partial charge in [-0.1, -0.05) is 6.92 Å². The first-order chi connectivity index (χ1) is 11.1. The molecule has 2 N–H and O–H groups in total. The Labute approximate surface area is 149 Å². The number of rotatable bonds is 3. The predicted molar refractivity (Wildman–Crippen MR) is 95.9 cm³/mol. The van der Waals surface area contributed by atoms with Gasteiger partial charge in [0.2, 0.25) is 5.91 Å². The van der Waals surface area contributed by atoms with Gasteiger partial charge in [-0.05, 0) is 48.9 Å². The number of hydrogen-bond acceptors (Lipinski definition) is 4. The third kappa shape index (κ3) is 3.78. The Bertz CT molecular complexity index is 581. The smallest absolute Gasteiger partial charge is 0.229 e. The largest absolute Gasteiger partial charge is 0.497 e. The molecule has 0 saturated carbocycles. The average Bonchev–Trinajstić information content (AvgIpc) is 2.59. The zero-order valence-corrected chi connectivity index (χ0v) is 15.2. The number of nitrogens with two attached hydrogens (primary N) is 1. The molecule has 2 heterocycles. The molecule has 0 aromatic heterocycles. The van der Waals surface area contributed by atoms with Crippen LogP contribution in [0.2, 0.25) is 0 Å².